The lowest BCUT2D eigenvalue weighted by Gasteiger charge is -2.35. The number of aliphatic hydroxyl groups excluding tert-OH is 1. The van der Waals surface area contributed by atoms with Crippen LogP contribution >= 0.6 is 0 Å². The van der Waals surface area contributed by atoms with Gasteiger partial charge in [-0.3, -0.25) is 4.79 Å². The van der Waals surface area contributed by atoms with Crippen molar-refractivity contribution in [3.05, 3.63) is 41.2 Å². The second-order valence-corrected chi connectivity index (χ2v) is 7.16. The number of aromatic nitrogens is 5. The van der Waals surface area contributed by atoms with E-state index in [9.17, 15) is 9.90 Å². The number of hydrogen-bond donors (Lipinski definition) is 3. The van der Waals surface area contributed by atoms with Gasteiger partial charge < -0.3 is 20.0 Å². The van der Waals surface area contributed by atoms with Crippen LogP contribution in [0.25, 0.3) is 11.0 Å². The zero-order valence-corrected chi connectivity index (χ0v) is 15.6. The fraction of sp³-hybridized carbons (Fsp3) is 0.474. The molecule has 0 saturated heterocycles. The second-order valence-electron chi connectivity index (χ2n) is 7.16. The van der Waals surface area contributed by atoms with Crippen molar-refractivity contribution >= 4 is 16.9 Å². The summed E-state index contributed by atoms with van der Waals surface area (Å²) in [4.78, 5) is 19.9. The Morgan fingerprint density at radius 2 is 2.19 bits per heavy atom. The number of hydrogen-bond acceptors (Lipinski definition) is 5. The zero-order chi connectivity index (χ0) is 19.0. The van der Waals surface area contributed by atoms with Crippen molar-refractivity contribution in [2.24, 2.45) is 0 Å². The van der Waals surface area contributed by atoms with E-state index >= 15 is 0 Å². The number of H-pyrrole nitrogens is 1. The van der Waals surface area contributed by atoms with Crippen LogP contribution in [0.4, 0.5) is 0 Å². The molecule has 8 heteroatoms. The molecular formula is C19H24N6O2. The summed E-state index contributed by atoms with van der Waals surface area (Å²) >= 11 is 0. The molecule has 8 nitrogen and oxygen atoms in total. The Morgan fingerprint density at radius 1 is 1.37 bits per heavy atom. The highest BCUT2D eigenvalue weighted by molar-refractivity contribution is 5.82. The third kappa shape index (κ3) is 3.44. The van der Waals surface area contributed by atoms with Gasteiger partial charge >= 0.3 is 0 Å². The van der Waals surface area contributed by atoms with Gasteiger partial charge in [0.1, 0.15) is 18.3 Å². The van der Waals surface area contributed by atoms with Crippen molar-refractivity contribution in [3.8, 4) is 0 Å². The summed E-state index contributed by atoms with van der Waals surface area (Å²) in [5.74, 6) is 2.70. The van der Waals surface area contributed by atoms with Gasteiger partial charge in [0.05, 0.1) is 17.5 Å². The van der Waals surface area contributed by atoms with E-state index in [0.29, 0.717) is 12.2 Å². The number of aryl methyl sites for hydroxylation is 1. The molecule has 0 aliphatic heterocycles. The predicted molar refractivity (Wildman–Crippen MR) is 100 cm³/mol. The standard InChI is InChI=1S/C19H24N6O2/c1-3-25-17(10-26)23-24-19(25)13-8-14(9-13)22-18(27)7-12-4-5-15-16(6-12)21-11(2)20-15/h4-6,13-14,26H,3,7-10H2,1-2H3,(H,20,21)(H,22,27). The molecule has 0 spiro atoms. The summed E-state index contributed by atoms with van der Waals surface area (Å²) < 4.78 is 1.96. The maximum Gasteiger partial charge on any atom is 0.224 e. The van der Waals surface area contributed by atoms with Crippen LogP contribution in [0.5, 0.6) is 0 Å². The quantitative estimate of drug-likeness (QED) is 0.612. The average Bonchev–Trinajstić information content (AvgIpc) is 3.18. The van der Waals surface area contributed by atoms with Crippen LogP contribution in [0.3, 0.4) is 0 Å². The molecule has 2 aromatic heterocycles. The molecule has 3 N–H and O–H groups in total. The Bertz CT molecular complexity index is 970. The summed E-state index contributed by atoms with van der Waals surface area (Å²) in [6.07, 6.45) is 2.07. The van der Waals surface area contributed by atoms with Crippen molar-refractivity contribution in [1.29, 1.82) is 0 Å². The lowest BCUT2D eigenvalue weighted by Crippen LogP contribution is -2.44. The number of rotatable bonds is 6. The summed E-state index contributed by atoms with van der Waals surface area (Å²) in [6, 6.07) is 6.04. The van der Waals surface area contributed by atoms with E-state index in [1.807, 2.05) is 36.6 Å². The number of nitrogens with one attached hydrogen (secondary N) is 2. The minimum Gasteiger partial charge on any atom is -0.388 e. The van der Waals surface area contributed by atoms with Gasteiger partial charge in [-0.25, -0.2) is 4.98 Å². The highest BCUT2D eigenvalue weighted by atomic mass is 16.3. The molecule has 1 aromatic carbocycles. The average molecular weight is 368 g/mol. The van der Waals surface area contributed by atoms with Gasteiger partial charge in [0.25, 0.3) is 0 Å². The second kappa shape index (κ2) is 7.11. The first kappa shape index (κ1) is 17.7. The van der Waals surface area contributed by atoms with E-state index in [1.54, 1.807) is 0 Å². The van der Waals surface area contributed by atoms with E-state index in [2.05, 4.69) is 25.5 Å². The van der Waals surface area contributed by atoms with Crippen LogP contribution in [0.1, 0.15) is 48.7 Å². The molecule has 0 atom stereocenters. The summed E-state index contributed by atoms with van der Waals surface area (Å²) in [6.45, 7) is 4.57. The Balaban J connectivity index is 1.33. The largest absolute Gasteiger partial charge is 0.388 e. The maximum atomic E-state index is 12.4. The van der Waals surface area contributed by atoms with Gasteiger partial charge in [0, 0.05) is 18.5 Å². The molecule has 3 aromatic rings. The number of benzene rings is 1. The Labute approximate surface area is 157 Å². The van der Waals surface area contributed by atoms with Crippen LogP contribution < -0.4 is 5.32 Å². The van der Waals surface area contributed by atoms with Crippen molar-refractivity contribution < 1.29 is 9.90 Å². The highest BCUT2D eigenvalue weighted by Gasteiger charge is 2.35. The van der Waals surface area contributed by atoms with Gasteiger partial charge in [-0.05, 0) is 44.4 Å². The van der Waals surface area contributed by atoms with Gasteiger partial charge in [0.2, 0.25) is 5.91 Å². The molecule has 1 fully saturated rings. The van der Waals surface area contributed by atoms with E-state index in [4.69, 9.17) is 0 Å². The lowest BCUT2D eigenvalue weighted by atomic mass is 9.79. The van der Waals surface area contributed by atoms with Gasteiger partial charge in [-0.1, -0.05) is 6.07 Å². The van der Waals surface area contributed by atoms with Crippen LogP contribution in [0, 0.1) is 6.92 Å². The Morgan fingerprint density at radius 3 is 2.93 bits per heavy atom. The number of imidazole rings is 1. The molecular weight excluding hydrogens is 344 g/mol. The lowest BCUT2D eigenvalue weighted by molar-refractivity contribution is -0.121. The number of carbonyl (C=O) groups excluding carboxylic acids is 1. The summed E-state index contributed by atoms with van der Waals surface area (Å²) in [5.41, 5.74) is 2.85. The van der Waals surface area contributed by atoms with Crippen LogP contribution in [-0.2, 0) is 24.4 Å². The maximum absolute atomic E-state index is 12.4. The van der Waals surface area contributed by atoms with Gasteiger partial charge in [-0.2, -0.15) is 0 Å². The van der Waals surface area contributed by atoms with Gasteiger partial charge in [-0.15, -0.1) is 10.2 Å². The number of nitrogens with zero attached hydrogens (tertiary/aromatic N) is 4. The first-order valence-corrected chi connectivity index (χ1v) is 9.34. The predicted octanol–water partition coefficient (Wildman–Crippen LogP) is 1.58. The molecule has 0 bridgehead atoms. The van der Waals surface area contributed by atoms with E-state index in [-0.39, 0.29) is 24.5 Å². The summed E-state index contributed by atoms with van der Waals surface area (Å²) in [7, 11) is 0. The molecule has 1 amide bonds. The van der Waals surface area contributed by atoms with E-state index in [1.165, 1.54) is 0 Å². The van der Waals surface area contributed by atoms with Crippen molar-refractivity contribution in [1.82, 2.24) is 30.0 Å². The first-order chi connectivity index (χ1) is 13.1. The molecule has 27 heavy (non-hydrogen) atoms. The minimum atomic E-state index is -0.103. The third-order valence-corrected chi connectivity index (χ3v) is 5.21. The number of aliphatic hydroxyl groups is 1. The normalized spacial score (nSPS) is 19.2. The van der Waals surface area contributed by atoms with Crippen molar-refractivity contribution in [2.75, 3.05) is 0 Å². The van der Waals surface area contributed by atoms with Crippen LogP contribution in [0.15, 0.2) is 18.2 Å². The fourth-order valence-corrected chi connectivity index (χ4v) is 3.82. The molecule has 2 heterocycles. The molecule has 0 unspecified atom stereocenters. The summed E-state index contributed by atoms with van der Waals surface area (Å²) in [5, 5.41) is 20.7. The number of amides is 1. The third-order valence-electron chi connectivity index (χ3n) is 5.21. The monoisotopic (exact) mass is 368 g/mol. The highest BCUT2D eigenvalue weighted by Crippen LogP contribution is 2.36. The SMILES string of the molecule is CCn1c(CO)nnc1C1CC(NC(=O)Cc2ccc3nc(C)[nH]c3c2)C1. The smallest absolute Gasteiger partial charge is 0.224 e. The Hall–Kier alpha value is -2.74. The van der Waals surface area contributed by atoms with E-state index in [0.717, 1.165) is 47.6 Å². The van der Waals surface area contributed by atoms with Gasteiger partial charge in [0.15, 0.2) is 5.82 Å². The fourth-order valence-electron chi connectivity index (χ4n) is 3.82. The Kier molecular flexibility index (Phi) is 4.65. The number of carbonyl (C=O) groups is 1. The zero-order valence-electron chi connectivity index (χ0n) is 15.6. The molecule has 142 valence electrons. The van der Waals surface area contributed by atoms with Crippen LogP contribution in [0.2, 0.25) is 0 Å². The molecule has 1 saturated carbocycles. The first-order valence-electron chi connectivity index (χ1n) is 9.34. The number of fused-ring (bicyclic) bond motifs is 1. The minimum absolute atomic E-state index is 0.0297. The molecule has 0 radical (unpaired) electrons. The van der Waals surface area contributed by atoms with Crippen molar-refractivity contribution in [3.63, 3.8) is 0 Å². The molecule has 1 aliphatic rings. The van der Waals surface area contributed by atoms with E-state index < -0.39 is 0 Å². The van der Waals surface area contributed by atoms with Crippen molar-refractivity contribution in [2.45, 2.75) is 58.2 Å². The van der Waals surface area contributed by atoms with Crippen LogP contribution in [-0.4, -0.2) is 41.8 Å². The molecule has 4 rings (SSSR count). The molecule has 1 aliphatic carbocycles. The topological polar surface area (TPSA) is 109 Å². The number of aromatic amines is 1.